The molecule has 0 saturated carbocycles. The van der Waals surface area contributed by atoms with Gasteiger partial charge in [-0.05, 0) is 79.2 Å². The second kappa shape index (κ2) is 10.2. The van der Waals surface area contributed by atoms with Gasteiger partial charge in [0.05, 0.1) is 21.2 Å². The minimum Gasteiger partial charge on any atom is -0.508 e. The van der Waals surface area contributed by atoms with Crippen molar-refractivity contribution in [2.75, 3.05) is 10.0 Å². The van der Waals surface area contributed by atoms with Gasteiger partial charge in [-0.3, -0.25) is 14.8 Å². The first-order chi connectivity index (χ1) is 17.2. The molecule has 0 bridgehead atoms. The van der Waals surface area contributed by atoms with Crippen LogP contribution in [-0.2, 0) is 10.0 Å². The molecule has 0 aliphatic rings. The van der Waals surface area contributed by atoms with Gasteiger partial charge in [0.1, 0.15) is 11.4 Å². The number of para-hydroxylation sites is 1. The molecule has 0 aromatic heterocycles. The normalized spacial score (nSPS) is 11.4. The maximum absolute atomic E-state index is 12.7. The lowest BCUT2D eigenvalue weighted by molar-refractivity contribution is -0.384. The van der Waals surface area contributed by atoms with E-state index in [4.69, 9.17) is 0 Å². The number of aromatic hydroxyl groups is 1. The fourth-order valence-corrected chi connectivity index (χ4v) is 4.32. The van der Waals surface area contributed by atoms with Crippen LogP contribution < -0.4 is 10.0 Å². The van der Waals surface area contributed by atoms with E-state index < -0.39 is 20.6 Å². The zero-order valence-electron chi connectivity index (χ0n) is 19.0. The van der Waals surface area contributed by atoms with Crippen molar-refractivity contribution in [2.45, 2.75) is 11.8 Å². The Morgan fingerprint density at radius 3 is 2.17 bits per heavy atom. The molecule has 0 fully saturated rings. The SMILES string of the molecule is Cc1cc(N=Nc2ccc(Nc3ccc(S(=O)(=O)Nc4ccccc4)cc3[N+](=O)[O-])cc2)ccc1O. The van der Waals surface area contributed by atoms with E-state index in [-0.39, 0.29) is 16.3 Å². The standard InChI is InChI=1S/C25H21N5O5S/c1-17-15-21(11-14-25(17)31)28-27-19-9-7-18(8-10-19)26-23-13-12-22(16-24(23)30(32)33)36(34,35)29-20-5-3-2-4-6-20/h2-16,26,29,31H,1H3. The zero-order valence-corrected chi connectivity index (χ0v) is 19.8. The van der Waals surface area contributed by atoms with E-state index in [0.717, 1.165) is 6.07 Å². The number of nitro groups is 1. The fraction of sp³-hybridized carbons (Fsp3) is 0.0400. The molecule has 10 nitrogen and oxygen atoms in total. The van der Waals surface area contributed by atoms with Crippen LogP contribution >= 0.6 is 0 Å². The van der Waals surface area contributed by atoms with Crippen LogP contribution in [0.15, 0.2) is 106 Å². The van der Waals surface area contributed by atoms with Gasteiger partial charge in [0.2, 0.25) is 0 Å². The van der Waals surface area contributed by atoms with Crippen LogP contribution in [0.3, 0.4) is 0 Å². The van der Waals surface area contributed by atoms with Crippen LogP contribution in [-0.4, -0.2) is 18.4 Å². The molecule has 4 aromatic carbocycles. The highest BCUT2D eigenvalue weighted by Crippen LogP contribution is 2.32. The molecular formula is C25H21N5O5S. The molecule has 0 heterocycles. The summed E-state index contributed by atoms with van der Waals surface area (Å²) in [5.74, 6) is 0.177. The van der Waals surface area contributed by atoms with Crippen molar-refractivity contribution in [3.05, 3.63) is 107 Å². The highest BCUT2D eigenvalue weighted by atomic mass is 32.2. The predicted molar refractivity (Wildman–Crippen MR) is 137 cm³/mol. The van der Waals surface area contributed by atoms with Crippen LogP contribution in [0.4, 0.5) is 34.1 Å². The third-order valence-electron chi connectivity index (χ3n) is 5.11. The van der Waals surface area contributed by atoms with E-state index in [1.54, 1.807) is 73.7 Å². The van der Waals surface area contributed by atoms with Crippen LogP contribution in [0.25, 0.3) is 0 Å². The Morgan fingerprint density at radius 2 is 1.50 bits per heavy atom. The highest BCUT2D eigenvalue weighted by molar-refractivity contribution is 7.92. The van der Waals surface area contributed by atoms with Gasteiger partial charge in [0.15, 0.2) is 0 Å². The van der Waals surface area contributed by atoms with Crippen molar-refractivity contribution in [1.29, 1.82) is 0 Å². The van der Waals surface area contributed by atoms with E-state index >= 15 is 0 Å². The topological polar surface area (TPSA) is 146 Å². The first kappa shape index (κ1) is 24.4. The van der Waals surface area contributed by atoms with Gasteiger partial charge in [-0.25, -0.2) is 8.42 Å². The Morgan fingerprint density at radius 1 is 0.833 bits per heavy atom. The number of phenolic OH excluding ortho intramolecular Hbond substituents is 1. The van der Waals surface area contributed by atoms with E-state index in [1.807, 2.05) is 0 Å². The molecule has 36 heavy (non-hydrogen) atoms. The molecule has 0 aliphatic heterocycles. The Labute approximate surface area is 207 Å². The Balaban J connectivity index is 1.51. The van der Waals surface area contributed by atoms with Crippen molar-refractivity contribution >= 4 is 44.1 Å². The van der Waals surface area contributed by atoms with Crippen LogP contribution in [0, 0.1) is 17.0 Å². The lowest BCUT2D eigenvalue weighted by Crippen LogP contribution is -2.13. The van der Waals surface area contributed by atoms with Crippen LogP contribution in [0.1, 0.15) is 5.56 Å². The third kappa shape index (κ3) is 5.83. The van der Waals surface area contributed by atoms with Gasteiger partial charge < -0.3 is 10.4 Å². The molecule has 4 rings (SSSR count). The number of azo groups is 1. The molecule has 0 spiro atoms. The average Bonchev–Trinajstić information content (AvgIpc) is 2.86. The number of nitrogens with zero attached hydrogens (tertiary/aromatic N) is 3. The van der Waals surface area contributed by atoms with Crippen molar-refractivity contribution in [3.8, 4) is 5.75 Å². The van der Waals surface area contributed by atoms with E-state index in [0.29, 0.717) is 28.3 Å². The first-order valence-electron chi connectivity index (χ1n) is 10.7. The Hall–Kier alpha value is -4.77. The van der Waals surface area contributed by atoms with Gasteiger partial charge in [0, 0.05) is 17.4 Å². The Bertz CT molecular complexity index is 1540. The maximum Gasteiger partial charge on any atom is 0.294 e. The van der Waals surface area contributed by atoms with Gasteiger partial charge in [-0.1, -0.05) is 18.2 Å². The molecule has 3 N–H and O–H groups in total. The predicted octanol–water partition coefficient (Wildman–Crippen LogP) is 6.57. The second-order valence-electron chi connectivity index (χ2n) is 7.75. The third-order valence-corrected chi connectivity index (χ3v) is 6.49. The summed E-state index contributed by atoms with van der Waals surface area (Å²) in [6, 6.07) is 23.5. The van der Waals surface area contributed by atoms with E-state index in [2.05, 4.69) is 20.3 Å². The highest BCUT2D eigenvalue weighted by Gasteiger charge is 2.22. The number of aryl methyl sites for hydroxylation is 1. The number of benzene rings is 4. The molecule has 11 heteroatoms. The summed E-state index contributed by atoms with van der Waals surface area (Å²) in [5.41, 5.74) is 2.44. The monoisotopic (exact) mass is 503 g/mol. The van der Waals surface area contributed by atoms with Crippen LogP contribution in [0.2, 0.25) is 0 Å². The molecule has 0 saturated heterocycles. The lowest BCUT2D eigenvalue weighted by Gasteiger charge is -2.11. The van der Waals surface area contributed by atoms with Crippen LogP contribution in [0.5, 0.6) is 5.75 Å². The van der Waals surface area contributed by atoms with Gasteiger partial charge >= 0.3 is 0 Å². The molecular weight excluding hydrogens is 482 g/mol. The van der Waals surface area contributed by atoms with E-state index in [9.17, 15) is 23.6 Å². The second-order valence-corrected chi connectivity index (χ2v) is 9.43. The summed E-state index contributed by atoms with van der Waals surface area (Å²) in [7, 11) is -4.02. The molecule has 0 aliphatic carbocycles. The average molecular weight is 504 g/mol. The molecule has 4 aromatic rings. The minimum atomic E-state index is -4.02. The van der Waals surface area contributed by atoms with E-state index in [1.165, 1.54) is 18.2 Å². The van der Waals surface area contributed by atoms with Crippen molar-refractivity contribution in [1.82, 2.24) is 0 Å². The van der Waals surface area contributed by atoms with Gasteiger partial charge in [0.25, 0.3) is 15.7 Å². The lowest BCUT2D eigenvalue weighted by atomic mass is 10.2. The van der Waals surface area contributed by atoms with Gasteiger partial charge in [-0.15, -0.1) is 0 Å². The molecule has 0 radical (unpaired) electrons. The van der Waals surface area contributed by atoms with Crippen molar-refractivity contribution in [3.63, 3.8) is 0 Å². The zero-order chi connectivity index (χ0) is 25.7. The van der Waals surface area contributed by atoms with Crippen molar-refractivity contribution in [2.24, 2.45) is 10.2 Å². The summed E-state index contributed by atoms with van der Waals surface area (Å²) < 4.78 is 27.8. The summed E-state index contributed by atoms with van der Waals surface area (Å²) in [5, 5.41) is 32.5. The summed E-state index contributed by atoms with van der Waals surface area (Å²) in [6.07, 6.45) is 0. The molecule has 182 valence electrons. The fourth-order valence-electron chi connectivity index (χ4n) is 3.24. The number of sulfonamides is 1. The smallest absolute Gasteiger partial charge is 0.294 e. The number of nitrogens with one attached hydrogen (secondary N) is 2. The quantitative estimate of drug-likeness (QED) is 0.141. The summed E-state index contributed by atoms with van der Waals surface area (Å²) >= 11 is 0. The van der Waals surface area contributed by atoms with Crippen molar-refractivity contribution < 1.29 is 18.4 Å². The largest absolute Gasteiger partial charge is 0.508 e. The number of hydrogen-bond donors (Lipinski definition) is 3. The molecule has 0 amide bonds. The molecule has 0 atom stereocenters. The number of nitro benzene ring substituents is 1. The van der Waals surface area contributed by atoms with Gasteiger partial charge in [-0.2, -0.15) is 10.2 Å². The number of phenols is 1. The summed E-state index contributed by atoms with van der Waals surface area (Å²) in [6.45, 7) is 1.76. The summed E-state index contributed by atoms with van der Waals surface area (Å²) in [4.78, 5) is 10.8. The number of anilines is 3. The number of hydrogen-bond acceptors (Lipinski definition) is 8. The Kier molecular flexibility index (Phi) is 6.93. The number of rotatable bonds is 8. The first-order valence-corrected chi connectivity index (χ1v) is 12.1. The minimum absolute atomic E-state index is 0.132. The molecule has 0 unspecified atom stereocenters. The maximum atomic E-state index is 12.7.